The van der Waals surface area contributed by atoms with E-state index in [0.717, 1.165) is 45.9 Å². The van der Waals surface area contributed by atoms with Gasteiger partial charge in [0.2, 0.25) is 0 Å². The molecule has 20 heavy (non-hydrogen) atoms. The Morgan fingerprint density at radius 3 is 2.30 bits per heavy atom. The molecule has 1 aromatic carbocycles. The Morgan fingerprint density at radius 1 is 1.05 bits per heavy atom. The first-order valence-corrected chi connectivity index (χ1v) is 7.29. The number of methoxy groups -OCH3 is 2. The van der Waals surface area contributed by atoms with E-state index in [2.05, 4.69) is 41.4 Å². The third-order valence-corrected chi connectivity index (χ3v) is 3.20. The van der Waals surface area contributed by atoms with Crippen LogP contribution in [0.3, 0.4) is 0 Å². The van der Waals surface area contributed by atoms with Crippen LogP contribution in [0.25, 0.3) is 0 Å². The average Bonchev–Trinajstić information content (AvgIpc) is 2.48. The molecule has 0 heterocycles. The summed E-state index contributed by atoms with van der Waals surface area (Å²) in [6.45, 7) is 8.35. The van der Waals surface area contributed by atoms with E-state index in [1.54, 1.807) is 14.2 Å². The molecule has 0 atom stereocenters. The van der Waals surface area contributed by atoms with Gasteiger partial charge < -0.3 is 14.8 Å². The van der Waals surface area contributed by atoms with E-state index in [4.69, 9.17) is 9.47 Å². The molecule has 4 heteroatoms. The highest BCUT2D eigenvalue weighted by Crippen LogP contribution is 2.08. The third-order valence-electron chi connectivity index (χ3n) is 3.20. The molecular weight excluding hydrogens is 252 g/mol. The van der Waals surface area contributed by atoms with E-state index < -0.39 is 0 Å². The van der Waals surface area contributed by atoms with E-state index >= 15 is 0 Å². The van der Waals surface area contributed by atoms with Gasteiger partial charge in [0.25, 0.3) is 0 Å². The first-order chi connectivity index (χ1) is 9.80. The normalized spacial score (nSPS) is 11.2. The molecule has 0 bridgehead atoms. The van der Waals surface area contributed by atoms with Crippen LogP contribution >= 0.6 is 0 Å². The van der Waals surface area contributed by atoms with Crippen molar-refractivity contribution in [2.24, 2.45) is 0 Å². The van der Waals surface area contributed by atoms with Crippen LogP contribution in [0, 0.1) is 0 Å². The van der Waals surface area contributed by atoms with Crippen molar-refractivity contribution in [1.82, 2.24) is 10.2 Å². The maximum Gasteiger partial charge on any atom is 0.0589 e. The first-order valence-electron chi connectivity index (χ1n) is 7.29. The lowest BCUT2D eigenvalue weighted by molar-refractivity contribution is 0.110. The van der Waals surface area contributed by atoms with Gasteiger partial charge in [-0.2, -0.15) is 0 Å². The van der Waals surface area contributed by atoms with Crippen LogP contribution in [0.2, 0.25) is 0 Å². The highest BCUT2D eigenvalue weighted by Gasteiger charge is 2.06. The molecule has 1 N–H and O–H groups in total. The Bertz CT molecular complexity index is 350. The van der Waals surface area contributed by atoms with Gasteiger partial charge in [-0.25, -0.2) is 0 Å². The van der Waals surface area contributed by atoms with E-state index in [0.29, 0.717) is 0 Å². The number of nitrogens with zero attached hydrogens (tertiary/aromatic N) is 1. The molecule has 0 aliphatic rings. The van der Waals surface area contributed by atoms with Crippen molar-refractivity contribution in [2.45, 2.75) is 20.0 Å². The topological polar surface area (TPSA) is 33.7 Å². The van der Waals surface area contributed by atoms with Gasteiger partial charge in [0.05, 0.1) is 13.2 Å². The predicted octanol–water partition coefficient (Wildman–Crippen LogP) is 1.89. The summed E-state index contributed by atoms with van der Waals surface area (Å²) < 4.78 is 10.3. The van der Waals surface area contributed by atoms with Crippen LogP contribution in [-0.2, 0) is 22.6 Å². The summed E-state index contributed by atoms with van der Waals surface area (Å²) in [7, 11) is 3.48. The fourth-order valence-electron chi connectivity index (χ4n) is 2.08. The molecule has 0 spiro atoms. The zero-order chi connectivity index (χ0) is 14.6. The number of hydrogen-bond acceptors (Lipinski definition) is 4. The molecule has 0 unspecified atom stereocenters. The molecule has 0 aliphatic heterocycles. The molecule has 0 saturated heterocycles. The Morgan fingerprint density at radius 2 is 1.70 bits per heavy atom. The molecule has 0 aromatic heterocycles. The van der Waals surface area contributed by atoms with Gasteiger partial charge in [-0.05, 0) is 17.7 Å². The summed E-state index contributed by atoms with van der Waals surface area (Å²) in [5, 5.41) is 3.36. The number of ether oxygens (including phenoxy) is 2. The van der Waals surface area contributed by atoms with Crippen molar-refractivity contribution in [3.8, 4) is 0 Å². The largest absolute Gasteiger partial charge is 0.383 e. The molecule has 0 fully saturated rings. The highest BCUT2D eigenvalue weighted by molar-refractivity contribution is 5.23. The summed E-state index contributed by atoms with van der Waals surface area (Å²) in [4.78, 5) is 2.36. The van der Waals surface area contributed by atoms with Crippen molar-refractivity contribution in [1.29, 1.82) is 0 Å². The maximum atomic E-state index is 5.17. The van der Waals surface area contributed by atoms with E-state index in [1.807, 2.05) is 0 Å². The molecular formula is C16H28N2O2. The summed E-state index contributed by atoms with van der Waals surface area (Å²) in [6.07, 6.45) is 0. The zero-order valence-electron chi connectivity index (χ0n) is 13.0. The van der Waals surface area contributed by atoms with Crippen LogP contribution in [0.15, 0.2) is 24.3 Å². The van der Waals surface area contributed by atoms with Gasteiger partial charge in [0.15, 0.2) is 0 Å². The van der Waals surface area contributed by atoms with Gasteiger partial charge in [0.1, 0.15) is 0 Å². The second-order valence-corrected chi connectivity index (χ2v) is 4.86. The van der Waals surface area contributed by atoms with Crippen LogP contribution in [0.1, 0.15) is 18.1 Å². The van der Waals surface area contributed by atoms with Crippen LogP contribution < -0.4 is 5.32 Å². The number of benzene rings is 1. The van der Waals surface area contributed by atoms with Crippen molar-refractivity contribution in [2.75, 3.05) is 47.1 Å². The van der Waals surface area contributed by atoms with Crippen LogP contribution in [0.5, 0.6) is 0 Å². The van der Waals surface area contributed by atoms with E-state index in [-0.39, 0.29) is 0 Å². The second-order valence-electron chi connectivity index (χ2n) is 4.86. The fraction of sp³-hybridized carbons (Fsp3) is 0.625. The summed E-state index contributed by atoms with van der Waals surface area (Å²) in [5.74, 6) is 0. The van der Waals surface area contributed by atoms with Crippen molar-refractivity contribution >= 4 is 0 Å². The number of hydrogen-bond donors (Lipinski definition) is 1. The lowest BCUT2D eigenvalue weighted by Crippen LogP contribution is -2.30. The maximum absolute atomic E-state index is 5.17. The van der Waals surface area contributed by atoms with E-state index in [9.17, 15) is 0 Å². The van der Waals surface area contributed by atoms with Gasteiger partial charge in [-0.3, -0.25) is 4.90 Å². The fourth-order valence-corrected chi connectivity index (χ4v) is 2.08. The minimum atomic E-state index is 0.751. The van der Waals surface area contributed by atoms with Crippen molar-refractivity contribution in [3.63, 3.8) is 0 Å². The van der Waals surface area contributed by atoms with Gasteiger partial charge in [0, 0.05) is 40.4 Å². The van der Waals surface area contributed by atoms with Gasteiger partial charge in [-0.15, -0.1) is 0 Å². The van der Waals surface area contributed by atoms with Crippen molar-refractivity contribution < 1.29 is 9.47 Å². The van der Waals surface area contributed by atoms with Crippen molar-refractivity contribution in [3.05, 3.63) is 35.4 Å². The lowest BCUT2D eigenvalue weighted by atomic mass is 10.1. The monoisotopic (exact) mass is 280 g/mol. The molecule has 0 aliphatic carbocycles. The standard InChI is InChI=1S/C16H28N2O2/c1-4-17-13-15-6-5-7-16(12-15)14-18(8-10-19-2)9-11-20-3/h5-7,12,17H,4,8-11,13-14H2,1-3H3. The van der Waals surface area contributed by atoms with Crippen LogP contribution in [-0.4, -0.2) is 52.0 Å². The predicted molar refractivity (Wildman–Crippen MR) is 82.9 cm³/mol. The molecule has 114 valence electrons. The Labute approximate surface area is 123 Å². The Kier molecular flexibility index (Phi) is 9.24. The van der Waals surface area contributed by atoms with Gasteiger partial charge in [-0.1, -0.05) is 31.2 Å². The molecule has 1 rings (SSSR count). The number of nitrogens with one attached hydrogen (secondary N) is 1. The quantitative estimate of drug-likeness (QED) is 0.671. The Balaban J connectivity index is 2.56. The molecule has 0 saturated carbocycles. The summed E-state index contributed by atoms with van der Waals surface area (Å²) in [5.41, 5.74) is 2.68. The molecule has 0 radical (unpaired) electrons. The summed E-state index contributed by atoms with van der Waals surface area (Å²) >= 11 is 0. The number of rotatable bonds is 11. The minimum absolute atomic E-state index is 0.751. The van der Waals surface area contributed by atoms with Gasteiger partial charge >= 0.3 is 0 Å². The summed E-state index contributed by atoms with van der Waals surface area (Å²) in [6, 6.07) is 8.75. The smallest absolute Gasteiger partial charge is 0.0589 e. The molecule has 0 amide bonds. The highest BCUT2D eigenvalue weighted by atomic mass is 16.5. The zero-order valence-corrected chi connectivity index (χ0v) is 13.0. The van der Waals surface area contributed by atoms with Crippen LogP contribution in [0.4, 0.5) is 0 Å². The molecule has 1 aromatic rings. The average molecular weight is 280 g/mol. The van der Waals surface area contributed by atoms with E-state index in [1.165, 1.54) is 11.1 Å². The third kappa shape index (κ3) is 7.01. The molecule has 4 nitrogen and oxygen atoms in total. The minimum Gasteiger partial charge on any atom is -0.383 e. The SMILES string of the molecule is CCNCc1cccc(CN(CCOC)CCOC)c1. The lowest BCUT2D eigenvalue weighted by Gasteiger charge is -2.22. The second kappa shape index (κ2) is 10.8. The first kappa shape index (κ1) is 17.1. The Hall–Kier alpha value is -0.940.